The van der Waals surface area contributed by atoms with Gasteiger partial charge in [0, 0.05) is 16.0 Å². The van der Waals surface area contributed by atoms with Gasteiger partial charge >= 0.3 is 0 Å². The monoisotopic (exact) mass is 341 g/mol. The zero-order valence-corrected chi connectivity index (χ0v) is 13.9. The Hall–Kier alpha value is -2.24. The van der Waals surface area contributed by atoms with E-state index in [9.17, 15) is 9.00 Å². The van der Waals surface area contributed by atoms with Crippen LogP contribution in [0.2, 0.25) is 0 Å². The third-order valence-corrected chi connectivity index (χ3v) is 5.35. The third kappa shape index (κ3) is 4.15. The standard InChI is InChI=1S/C18H15NO2S2/c20-18(15-9-10-22-12-15)19-16-6-4-5-14(11-16)13-23(21)17-7-2-1-3-8-17/h1-12H,13H2,(H,19,20)/t23-/m1/s1. The number of nitrogens with one attached hydrogen (secondary N) is 1. The van der Waals surface area contributed by atoms with Crippen LogP contribution in [0.5, 0.6) is 0 Å². The lowest BCUT2D eigenvalue weighted by atomic mass is 10.2. The molecule has 0 saturated heterocycles. The first-order valence-electron chi connectivity index (χ1n) is 7.08. The van der Waals surface area contributed by atoms with Crippen molar-refractivity contribution in [3.63, 3.8) is 0 Å². The minimum Gasteiger partial charge on any atom is -0.322 e. The molecule has 116 valence electrons. The van der Waals surface area contributed by atoms with Crippen LogP contribution in [0, 0.1) is 0 Å². The van der Waals surface area contributed by atoms with Crippen molar-refractivity contribution in [1.82, 2.24) is 0 Å². The Bertz CT molecular complexity index is 814. The van der Waals surface area contributed by atoms with Gasteiger partial charge in [0.15, 0.2) is 0 Å². The van der Waals surface area contributed by atoms with Gasteiger partial charge in [-0.2, -0.15) is 11.3 Å². The highest BCUT2D eigenvalue weighted by Gasteiger charge is 2.08. The van der Waals surface area contributed by atoms with Crippen molar-refractivity contribution in [3.8, 4) is 0 Å². The van der Waals surface area contributed by atoms with Crippen molar-refractivity contribution >= 4 is 33.7 Å². The first kappa shape index (κ1) is 15.6. The van der Waals surface area contributed by atoms with Gasteiger partial charge in [0.25, 0.3) is 5.91 Å². The molecule has 0 fully saturated rings. The van der Waals surface area contributed by atoms with Crippen LogP contribution < -0.4 is 5.32 Å². The highest BCUT2D eigenvalue weighted by Crippen LogP contribution is 2.17. The van der Waals surface area contributed by atoms with Crippen LogP contribution in [0.3, 0.4) is 0 Å². The van der Waals surface area contributed by atoms with Gasteiger partial charge in [0.2, 0.25) is 0 Å². The van der Waals surface area contributed by atoms with Crippen LogP contribution in [0.25, 0.3) is 0 Å². The second-order valence-corrected chi connectivity index (χ2v) is 7.20. The van der Waals surface area contributed by atoms with Gasteiger partial charge in [-0.1, -0.05) is 30.3 Å². The second-order valence-electron chi connectivity index (χ2n) is 4.97. The van der Waals surface area contributed by atoms with Crippen molar-refractivity contribution in [2.45, 2.75) is 10.6 Å². The van der Waals surface area contributed by atoms with Gasteiger partial charge < -0.3 is 5.32 Å². The molecule has 5 heteroatoms. The minimum atomic E-state index is -1.10. The normalized spacial score (nSPS) is 11.8. The fourth-order valence-electron chi connectivity index (χ4n) is 2.14. The molecule has 0 bridgehead atoms. The van der Waals surface area contributed by atoms with Gasteiger partial charge in [-0.15, -0.1) is 0 Å². The van der Waals surface area contributed by atoms with E-state index in [0.29, 0.717) is 17.0 Å². The van der Waals surface area contributed by atoms with E-state index in [1.165, 1.54) is 11.3 Å². The summed E-state index contributed by atoms with van der Waals surface area (Å²) in [6.45, 7) is 0. The molecule has 23 heavy (non-hydrogen) atoms. The van der Waals surface area contributed by atoms with E-state index in [4.69, 9.17) is 0 Å². The fraction of sp³-hybridized carbons (Fsp3) is 0.0556. The van der Waals surface area contributed by atoms with E-state index in [0.717, 1.165) is 10.5 Å². The average molecular weight is 341 g/mol. The number of amides is 1. The van der Waals surface area contributed by atoms with Crippen LogP contribution in [0.4, 0.5) is 5.69 Å². The summed E-state index contributed by atoms with van der Waals surface area (Å²) in [6.07, 6.45) is 0. The first-order valence-corrected chi connectivity index (χ1v) is 9.34. The number of rotatable bonds is 5. The molecule has 1 N–H and O–H groups in total. The van der Waals surface area contributed by atoms with Gasteiger partial charge in [-0.25, -0.2) is 0 Å². The maximum atomic E-state index is 12.4. The molecule has 1 heterocycles. The topological polar surface area (TPSA) is 46.2 Å². The van der Waals surface area contributed by atoms with E-state index >= 15 is 0 Å². The van der Waals surface area contributed by atoms with Crippen LogP contribution in [-0.4, -0.2) is 10.1 Å². The third-order valence-electron chi connectivity index (χ3n) is 3.27. The van der Waals surface area contributed by atoms with E-state index in [1.54, 1.807) is 6.07 Å². The van der Waals surface area contributed by atoms with Crippen LogP contribution in [-0.2, 0) is 16.6 Å². The molecule has 0 aliphatic heterocycles. The summed E-state index contributed by atoms with van der Waals surface area (Å²) in [4.78, 5) is 12.9. The van der Waals surface area contributed by atoms with E-state index < -0.39 is 10.8 Å². The lowest BCUT2D eigenvalue weighted by Crippen LogP contribution is -2.11. The molecule has 0 spiro atoms. The molecular formula is C18H15NO2S2. The Morgan fingerprint density at radius 1 is 1.04 bits per heavy atom. The van der Waals surface area contributed by atoms with Crippen LogP contribution in [0.1, 0.15) is 15.9 Å². The van der Waals surface area contributed by atoms with Gasteiger partial charge in [0.1, 0.15) is 0 Å². The summed E-state index contributed by atoms with van der Waals surface area (Å²) in [5.41, 5.74) is 2.28. The van der Waals surface area contributed by atoms with Crippen molar-refractivity contribution in [3.05, 3.63) is 82.6 Å². The summed E-state index contributed by atoms with van der Waals surface area (Å²) < 4.78 is 12.4. The molecule has 1 aromatic heterocycles. The van der Waals surface area contributed by atoms with Crippen LogP contribution >= 0.6 is 11.3 Å². The van der Waals surface area contributed by atoms with E-state index in [-0.39, 0.29) is 5.91 Å². The smallest absolute Gasteiger partial charge is 0.256 e. The number of hydrogen-bond donors (Lipinski definition) is 1. The van der Waals surface area contributed by atoms with E-state index in [2.05, 4.69) is 5.32 Å². The SMILES string of the molecule is O=C(Nc1cccc(C[S@@](=O)c2ccccc2)c1)c1ccsc1. The second kappa shape index (κ2) is 7.35. The molecule has 1 amide bonds. The molecule has 0 radical (unpaired) electrons. The summed E-state index contributed by atoms with van der Waals surface area (Å²) in [5, 5.41) is 6.55. The molecule has 1 atom stereocenters. The van der Waals surface area contributed by atoms with Crippen molar-refractivity contribution in [1.29, 1.82) is 0 Å². The Morgan fingerprint density at radius 2 is 1.87 bits per heavy atom. The van der Waals surface area contributed by atoms with Gasteiger partial charge in [-0.3, -0.25) is 9.00 Å². The van der Waals surface area contributed by atoms with Gasteiger partial charge in [-0.05, 0) is 41.3 Å². The molecule has 0 saturated carbocycles. The lowest BCUT2D eigenvalue weighted by molar-refractivity contribution is 0.102. The van der Waals surface area contributed by atoms with Gasteiger partial charge in [0.05, 0.1) is 22.1 Å². The summed E-state index contributed by atoms with van der Waals surface area (Å²) >= 11 is 1.49. The van der Waals surface area contributed by atoms with Crippen LogP contribution in [0.15, 0.2) is 76.3 Å². The number of benzene rings is 2. The molecule has 3 nitrogen and oxygen atoms in total. The highest BCUT2D eigenvalue weighted by molar-refractivity contribution is 7.84. The molecule has 2 aromatic carbocycles. The summed E-state index contributed by atoms with van der Waals surface area (Å²) in [5.74, 6) is 0.291. The number of carbonyl (C=O) groups excluding carboxylic acids is 1. The number of anilines is 1. The Labute approximate surface area is 141 Å². The predicted octanol–water partition coefficient (Wildman–Crippen LogP) is 4.31. The minimum absolute atomic E-state index is 0.132. The molecular weight excluding hydrogens is 326 g/mol. The number of carbonyl (C=O) groups is 1. The largest absolute Gasteiger partial charge is 0.322 e. The number of hydrogen-bond acceptors (Lipinski definition) is 3. The van der Waals surface area contributed by atoms with Crippen molar-refractivity contribution in [2.75, 3.05) is 5.32 Å². The molecule has 0 aliphatic carbocycles. The Kier molecular flexibility index (Phi) is 5.00. The summed E-state index contributed by atoms with van der Waals surface area (Å²) in [7, 11) is -1.10. The zero-order chi connectivity index (χ0) is 16.1. The highest BCUT2D eigenvalue weighted by atomic mass is 32.2. The fourth-order valence-corrected chi connectivity index (χ4v) is 3.89. The van der Waals surface area contributed by atoms with E-state index in [1.807, 2.05) is 65.4 Å². The molecule has 3 rings (SSSR count). The number of thiophene rings is 1. The maximum absolute atomic E-state index is 12.4. The first-order chi connectivity index (χ1) is 11.2. The van der Waals surface area contributed by atoms with Crippen molar-refractivity contribution < 1.29 is 9.00 Å². The molecule has 0 aliphatic rings. The quantitative estimate of drug-likeness (QED) is 0.752. The zero-order valence-electron chi connectivity index (χ0n) is 12.3. The van der Waals surface area contributed by atoms with Crippen molar-refractivity contribution in [2.24, 2.45) is 0 Å². The predicted molar refractivity (Wildman–Crippen MR) is 95.3 cm³/mol. The molecule has 3 aromatic rings. The average Bonchev–Trinajstić information content (AvgIpc) is 3.10. The summed E-state index contributed by atoms with van der Waals surface area (Å²) in [6, 6.07) is 18.6. The molecule has 0 unspecified atom stereocenters. The Morgan fingerprint density at radius 3 is 2.61 bits per heavy atom. The Balaban J connectivity index is 1.70. The lowest BCUT2D eigenvalue weighted by Gasteiger charge is -2.07. The maximum Gasteiger partial charge on any atom is 0.256 e.